The summed E-state index contributed by atoms with van der Waals surface area (Å²) in [7, 11) is 1.69. The van der Waals surface area contributed by atoms with Crippen molar-refractivity contribution in [3.05, 3.63) is 15.8 Å². The van der Waals surface area contributed by atoms with Gasteiger partial charge in [-0.2, -0.15) is 0 Å². The third-order valence-electron chi connectivity index (χ3n) is 1.91. The first-order valence-corrected chi connectivity index (χ1v) is 5.18. The molecule has 1 aromatic heterocycles. The molecule has 0 aliphatic heterocycles. The second-order valence-corrected chi connectivity index (χ2v) is 5.19. The Labute approximate surface area is 83.7 Å². The molecule has 3 heteroatoms. The first kappa shape index (κ1) is 10.5. The lowest BCUT2D eigenvalue weighted by molar-refractivity contribution is 0.411. The Kier molecular flexibility index (Phi) is 2.98. The molecule has 0 saturated carbocycles. The minimum Gasteiger partial charge on any atom is -0.496 e. The van der Waals surface area contributed by atoms with E-state index in [1.165, 1.54) is 4.88 Å². The monoisotopic (exact) mass is 199 g/mol. The molecule has 0 spiro atoms. The molecule has 0 amide bonds. The first-order chi connectivity index (χ1) is 5.99. The van der Waals surface area contributed by atoms with Crippen LogP contribution in [0.5, 0.6) is 5.75 Å². The molecule has 0 unspecified atom stereocenters. The summed E-state index contributed by atoms with van der Waals surface area (Å²) in [4.78, 5) is 2.46. The van der Waals surface area contributed by atoms with E-state index in [1.54, 1.807) is 18.4 Å². The van der Waals surface area contributed by atoms with Gasteiger partial charge < -0.3 is 10.5 Å². The summed E-state index contributed by atoms with van der Waals surface area (Å²) < 4.78 is 5.24. The Morgan fingerprint density at radius 1 is 1.46 bits per heavy atom. The van der Waals surface area contributed by atoms with Crippen LogP contribution in [0.15, 0.2) is 6.07 Å². The lowest BCUT2D eigenvalue weighted by Gasteiger charge is -2.14. The highest BCUT2D eigenvalue weighted by atomic mass is 32.1. The fraction of sp³-hybridized carbons (Fsp3) is 0.600. The Morgan fingerprint density at radius 2 is 2.08 bits per heavy atom. The molecule has 0 aliphatic rings. The van der Waals surface area contributed by atoms with Gasteiger partial charge in [0, 0.05) is 11.4 Å². The van der Waals surface area contributed by atoms with E-state index < -0.39 is 0 Å². The highest BCUT2D eigenvalue weighted by molar-refractivity contribution is 7.12. The van der Waals surface area contributed by atoms with Crippen molar-refractivity contribution in [3.63, 3.8) is 0 Å². The first-order valence-electron chi connectivity index (χ1n) is 4.36. The van der Waals surface area contributed by atoms with E-state index in [0.717, 1.165) is 10.6 Å². The van der Waals surface area contributed by atoms with E-state index >= 15 is 0 Å². The highest BCUT2D eigenvalue weighted by Gasteiger charge is 2.19. The standard InChI is InChI=1S/C10H17NOS/c1-10(2,3)9-5-7(12-4)8(6-11)13-9/h5H,6,11H2,1-4H3. The molecule has 0 atom stereocenters. The number of rotatable bonds is 2. The van der Waals surface area contributed by atoms with Crippen molar-refractivity contribution in [3.8, 4) is 5.75 Å². The van der Waals surface area contributed by atoms with Gasteiger partial charge in [0.25, 0.3) is 0 Å². The lowest BCUT2D eigenvalue weighted by Crippen LogP contribution is -2.07. The smallest absolute Gasteiger partial charge is 0.134 e. The minimum absolute atomic E-state index is 0.186. The molecule has 0 bridgehead atoms. The third-order valence-corrected chi connectivity index (χ3v) is 3.48. The molecule has 1 heterocycles. The van der Waals surface area contributed by atoms with Crippen LogP contribution in [0.25, 0.3) is 0 Å². The lowest BCUT2D eigenvalue weighted by atomic mass is 9.95. The summed E-state index contributed by atoms with van der Waals surface area (Å²) in [6, 6.07) is 2.09. The van der Waals surface area contributed by atoms with Gasteiger partial charge >= 0.3 is 0 Å². The van der Waals surface area contributed by atoms with Gasteiger partial charge in [0.1, 0.15) is 5.75 Å². The number of methoxy groups -OCH3 is 1. The van der Waals surface area contributed by atoms with Crippen LogP contribution in [0.4, 0.5) is 0 Å². The fourth-order valence-corrected chi connectivity index (χ4v) is 2.16. The van der Waals surface area contributed by atoms with E-state index in [1.807, 2.05) is 0 Å². The van der Waals surface area contributed by atoms with Crippen LogP contribution in [-0.2, 0) is 12.0 Å². The minimum atomic E-state index is 0.186. The number of hydrogen-bond donors (Lipinski definition) is 1. The molecule has 2 nitrogen and oxygen atoms in total. The average Bonchev–Trinajstić information content (AvgIpc) is 2.45. The van der Waals surface area contributed by atoms with Crippen LogP contribution in [0.3, 0.4) is 0 Å². The van der Waals surface area contributed by atoms with Crippen LogP contribution in [0.1, 0.15) is 30.5 Å². The second kappa shape index (κ2) is 3.68. The van der Waals surface area contributed by atoms with E-state index in [2.05, 4.69) is 26.8 Å². The molecule has 0 radical (unpaired) electrons. The molecular weight excluding hydrogens is 182 g/mol. The average molecular weight is 199 g/mol. The van der Waals surface area contributed by atoms with Crippen LogP contribution < -0.4 is 10.5 Å². The summed E-state index contributed by atoms with van der Waals surface area (Å²) in [5.74, 6) is 0.928. The molecule has 0 aromatic carbocycles. The van der Waals surface area contributed by atoms with E-state index in [4.69, 9.17) is 10.5 Å². The van der Waals surface area contributed by atoms with Crippen LogP contribution in [0, 0.1) is 0 Å². The summed E-state index contributed by atoms with van der Waals surface area (Å²) in [6.07, 6.45) is 0. The topological polar surface area (TPSA) is 35.2 Å². The van der Waals surface area contributed by atoms with E-state index in [0.29, 0.717) is 6.54 Å². The second-order valence-electron chi connectivity index (χ2n) is 4.06. The van der Waals surface area contributed by atoms with E-state index in [9.17, 15) is 0 Å². The summed E-state index contributed by atoms with van der Waals surface area (Å²) >= 11 is 1.74. The largest absolute Gasteiger partial charge is 0.496 e. The maximum atomic E-state index is 5.61. The zero-order valence-electron chi connectivity index (χ0n) is 8.68. The Morgan fingerprint density at radius 3 is 2.38 bits per heavy atom. The molecule has 13 heavy (non-hydrogen) atoms. The zero-order chi connectivity index (χ0) is 10.1. The Balaban J connectivity index is 3.07. The van der Waals surface area contributed by atoms with Crippen LogP contribution in [-0.4, -0.2) is 7.11 Å². The predicted octanol–water partition coefficient (Wildman–Crippen LogP) is 2.51. The molecule has 0 fully saturated rings. The number of ether oxygens (including phenoxy) is 1. The SMILES string of the molecule is COc1cc(C(C)(C)C)sc1CN. The Bertz CT molecular complexity index is 264. The highest BCUT2D eigenvalue weighted by Crippen LogP contribution is 2.36. The van der Waals surface area contributed by atoms with Crippen molar-refractivity contribution < 1.29 is 4.74 Å². The third kappa shape index (κ3) is 2.23. The molecule has 74 valence electrons. The van der Waals surface area contributed by atoms with E-state index in [-0.39, 0.29) is 5.41 Å². The zero-order valence-corrected chi connectivity index (χ0v) is 9.49. The maximum Gasteiger partial charge on any atom is 0.134 e. The van der Waals surface area contributed by atoms with Crippen LogP contribution >= 0.6 is 11.3 Å². The van der Waals surface area contributed by atoms with Gasteiger partial charge in [0.15, 0.2) is 0 Å². The fourth-order valence-electron chi connectivity index (χ4n) is 1.10. The molecule has 0 saturated heterocycles. The quantitative estimate of drug-likeness (QED) is 0.794. The van der Waals surface area contributed by atoms with Gasteiger partial charge in [-0.3, -0.25) is 0 Å². The normalized spacial score (nSPS) is 11.8. The molecular formula is C10H17NOS. The van der Waals surface area contributed by atoms with Gasteiger partial charge in [-0.05, 0) is 11.5 Å². The molecule has 0 aliphatic carbocycles. The number of nitrogens with two attached hydrogens (primary N) is 1. The predicted molar refractivity (Wildman–Crippen MR) is 57.5 cm³/mol. The van der Waals surface area contributed by atoms with Gasteiger partial charge in [-0.15, -0.1) is 11.3 Å². The van der Waals surface area contributed by atoms with Gasteiger partial charge in [-0.25, -0.2) is 0 Å². The van der Waals surface area contributed by atoms with Crippen molar-refractivity contribution in [2.24, 2.45) is 5.73 Å². The number of hydrogen-bond acceptors (Lipinski definition) is 3. The van der Waals surface area contributed by atoms with Crippen molar-refractivity contribution in [1.29, 1.82) is 0 Å². The van der Waals surface area contributed by atoms with Crippen molar-refractivity contribution >= 4 is 11.3 Å². The van der Waals surface area contributed by atoms with Crippen molar-refractivity contribution in [2.75, 3.05) is 7.11 Å². The van der Waals surface area contributed by atoms with Crippen LogP contribution in [0.2, 0.25) is 0 Å². The summed E-state index contributed by atoms with van der Waals surface area (Å²) in [5, 5.41) is 0. The van der Waals surface area contributed by atoms with Gasteiger partial charge in [-0.1, -0.05) is 20.8 Å². The maximum absolute atomic E-state index is 5.61. The van der Waals surface area contributed by atoms with Gasteiger partial charge in [0.2, 0.25) is 0 Å². The van der Waals surface area contributed by atoms with Crippen molar-refractivity contribution in [1.82, 2.24) is 0 Å². The number of thiophene rings is 1. The van der Waals surface area contributed by atoms with Gasteiger partial charge in [0.05, 0.1) is 12.0 Å². The Hall–Kier alpha value is -0.540. The molecule has 1 rings (SSSR count). The summed E-state index contributed by atoms with van der Waals surface area (Å²) in [6.45, 7) is 7.14. The van der Waals surface area contributed by atoms with Crippen molar-refractivity contribution in [2.45, 2.75) is 32.7 Å². The molecule has 2 N–H and O–H groups in total. The molecule has 1 aromatic rings. The summed E-state index contributed by atoms with van der Waals surface area (Å²) in [5.41, 5.74) is 5.80.